The van der Waals surface area contributed by atoms with Gasteiger partial charge in [-0.05, 0) is 76.2 Å². The number of alkyl halides is 2. The van der Waals surface area contributed by atoms with Gasteiger partial charge in [0.1, 0.15) is 23.5 Å². The molecule has 0 unspecified atom stereocenters. The van der Waals surface area contributed by atoms with Crippen LogP contribution in [0.2, 0.25) is 0 Å². The zero-order chi connectivity index (χ0) is 57.9. The van der Waals surface area contributed by atoms with Crippen LogP contribution in [0.4, 0.5) is 39.5 Å². The molecule has 8 nitrogen and oxygen atoms in total. The van der Waals surface area contributed by atoms with Gasteiger partial charge in [0.05, 0.1) is 0 Å². The maximum Gasteiger partial charge on any atom is 1.00 e. The molecule has 0 atom stereocenters. The number of terminal acetylenes is 2. The summed E-state index contributed by atoms with van der Waals surface area (Å²) in [5, 5.41) is 26.7. The molecule has 0 saturated heterocycles. The summed E-state index contributed by atoms with van der Waals surface area (Å²) in [5.41, 5.74) is -0.931. The maximum absolute atomic E-state index is 11.3. The molecule has 0 bridgehead atoms. The molecule has 0 aliphatic carbocycles. The molecule has 427 valence electrons. The Morgan fingerprint density at radius 3 is 0.808 bits per heavy atom. The third-order valence-electron chi connectivity index (χ3n) is 2.16. The summed E-state index contributed by atoms with van der Waals surface area (Å²) in [6, 6.07) is 0. The number of aliphatic hydroxyl groups is 2. The normalized spacial score (nSPS) is 6.05. The molecule has 0 heterocycles. The molecule has 0 aromatic heterocycles. The minimum Gasteiger partial charge on any atom is -1.00 e. The number of aliphatic hydroxyl groups excluding tert-OH is 1. The van der Waals surface area contributed by atoms with E-state index >= 15 is 0 Å². The molecule has 3 radical (unpaired) electrons. The molecule has 0 saturated carbocycles. The molecule has 3 N–H and O–H groups in total. The first-order chi connectivity index (χ1) is 30.2. The van der Waals surface area contributed by atoms with Crippen molar-refractivity contribution in [3.63, 3.8) is 0 Å². The number of hydrogen-bond donors (Lipinski definition) is 2. The van der Waals surface area contributed by atoms with E-state index in [0.29, 0.717) is 6.92 Å². The van der Waals surface area contributed by atoms with Crippen LogP contribution in [0.3, 0.4) is 0 Å². The van der Waals surface area contributed by atoms with Crippen molar-refractivity contribution in [1.82, 2.24) is 0 Å². The van der Waals surface area contributed by atoms with E-state index < -0.39 is 41.3 Å². The fraction of sp³-hybridized carbons (Fsp3) is 0.681. The first kappa shape index (κ1) is 171. The molecule has 0 amide bonds. The minimum atomic E-state index is -2.91. The number of unbranched alkanes of at least 4 members (excludes halogenated alkanes) is 1. The second-order valence-electron chi connectivity index (χ2n) is 7.58. The van der Waals surface area contributed by atoms with Crippen LogP contribution in [0.1, 0.15) is 182 Å². The molecular formula is C47H99BBr3F9K2LiNa2O8. The average Bonchev–Trinajstić information content (AvgIpc) is 3.29. The average molecular weight is 1340 g/mol. The van der Waals surface area contributed by atoms with Crippen molar-refractivity contribution in [3.8, 4) is 36.5 Å². The molecule has 0 spiro atoms. The molecule has 0 aromatic rings. The largest absolute Gasteiger partial charge is 1.00 e. The van der Waals surface area contributed by atoms with E-state index in [1.807, 2.05) is 104 Å². The fourth-order valence-electron chi connectivity index (χ4n) is 0. The Labute approximate surface area is 618 Å². The predicted molar refractivity (Wildman–Crippen MR) is 292 cm³/mol. The van der Waals surface area contributed by atoms with Gasteiger partial charge in [-0.25, -0.2) is 13.2 Å². The van der Waals surface area contributed by atoms with Gasteiger partial charge in [-0.2, -0.15) is 32.8 Å². The van der Waals surface area contributed by atoms with Gasteiger partial charge in [0, 0.05) is 39.4 Å². The molecule has 0 rings (SSSR count). The van der Waals surface area contributed by atoms with Gasteiger partial charge in [-0.3, -0.25) is 4.79 Å². The summed E-state index contributed by atoms with van der Waals surface area (Å²) in [4.78, 5) is 20.1. The second-order valence-corrected chi connectivity index (χ2v) is 9.83. The number of carbonyl (C=O) groups is 2. The van der Waals surface area contributed by atoms with E-state index in [4.69, 9.17) is 31.5 Å². The molecular weight excluding hydrogens is 1250 g/mol. The van der Waals surface area contributed by atoms with Crippen LogP contribution in [0.25, 0.3) is 0 Å². The Kier molecular flexibility index (Phi) is 570. The molecule has 0 aliphatic rings. The second kappa shape index (κ2) is 243. The maximum atomic E-state index is 11.3. The summed E-state index contributed by atoms with van der Waals surface area (Å²) in [7, 11) is 1.68. The van der Waals surface area contributed by atoms with Crippen LogP contribution in [-0.4, -0.2) is 73.4 Å². The Hall–Kier alpha value is 3.59. The van der Waals surface area contributed by atoms with E-state index in [9.17, 15) is 39.5 Å². The van der Waals surface area contributed by atoms with Crippen LogP contribution in [-0.2, 0) is 19.2 Å². The summed E-state index contributed by atoms with van der Waals surface area (Å²) < 4.78 is 101. The summed E-state index contributed by atoms with van der Waals surface area (Å²) in [5.74, 6) is 6.88. The van der Waals surface area contributed by atoms with Crippen LogP contribution in [0, 0.1) is 43.5 Å². The smallest absolute Gasteiger partial charge is 1.00 e. The number of aldehydes is 1. The number of carbonyl (C=O) groups excluding carboxylic acids is 2. The van der Waals surface area contributed by atoms with Gasteiger partial charge in [0.2, 0.25) is 0 Å². The van der Waals surface area contributed by atoms with Crippen molar-refractivity contribution in [2.75, 3.05) is 31.0 Å². The molecule has 0 fully saturated rings. The molecule has 0 aliphatic heterocycles. The summed E-state index contributed by atoms with van der Waals surface area (Å²) in [6.07, 6.45) is 4.38. The van der Waals surface area contributed by atoms with Gasteiger partial charge in [0.25, 0.3) is 6.47 Å². The van der Waals surface area contributed by atoms with Gasteiger partial charge in [-0.15, -0.1) is 47.6 Å². The van der Waals surface area contributed by atoms with Crippen molar-refractivity contribution in [1.29, 1.82) is 0 Å². The fourth-order valence-corrected chi connectivity index (χ4v) is 0. The van der Waals surface area contributed by atoms with E-state index in [1.54, 1.807) is 34.8 Å². The van der Waals surface area contributed by atoms with Crippen molar-refractivity contribution >= 4 is 70.0 Å². The predicted octanol–water partition coefficient (Wildman–Crippen LogP) is 2.42. The first-order valence-electron chi connectivity index (χ1n) is 20.3. The van der Waals surface area contributed by atoms with Gasteiger partial charge in [-0.1, -0.05) is 134 Å². The number of halogens is 12. The molecule has 73 heavy (non-hydrogen) atoms. The quantitative estimate of drug-likeness (QED) is 0.0642. The number of hydrogen-bond acceptors (Lipinski definition) is 8. The number of ether oxygens (including phenoxy) is 1. The van der Waals surface area contributed by atoms with Gasteiger partial charge < -0.3 is 45.1 Å². The molecule has 26 heteroatoms. The van der Waals surface area contributed by atoms with Crippen LogP contribution in [0.5, 0.6) is 0 Å². The third-order valence-corrected chi connectivity index (χ3v) is 2.16. The summed E-state index contributed by atoms with van der Waals surface area (Å²) in [6.45, 7) is 47.1. The topological polar surface area (TPSA) is 146 Å². The van der Waals surface area contributed by atoms with Crippen molar-refractivity contribution in [2.45, 2.75) is 185 Å². The van der Waals surface area contributed by atoms with Crippen molar-refractivity contribution in [3.05, 3.63) is 42.6 Å². The van der Waals surface area contributed by atoms with Crippen molar-refractivity contribution < 1.29 is 263 Å². The zero-order valence-corrected chi connectivity index (χ0v) is 66.4. The van der Waals surface area contributed by atoms with E-state index in [1.165, 1.54) is 13.3 Å². The Morgan fingerprint density at radius 1 is 0.699 bits per heavy atom. The Balaban J connectivity index is -0.0000000120. The van der Waals surface area contributed by atoms with Crippen molar-refractivity contribution in [2.24, 2.45) is 0 Å². The van der Waals surface area contributed by atoms with Crippen LogP contribution in [0.15, 0.2) is 35.7 Å². The van der Waals surface area contributed by atoms with E-state index in [0.717, 1.165) is 43.8 Å². The Bertz CT molecular complexity index is 866. The number of methoxy groups -OCH3 is 1. The molecule has 0 aromatic carbocycles. The van der Waals surface area contributed by atoms with E-state index in [2.05, 4.69) is 85.4 Å². The summed E-state index contributed by atoms with van der Waals surface area (Å²) >= 11 is 6.29. The SMILES string of the molecule is Br.C#CC.C#CC(C)(C)O.C/C(F)=C(/C)F.CC.CC.CC.CC.CC.CC#CC.CC(F)=C(F)F.CC=O.CCBr.CCBr.CCO.CCOC.FC(F)=C(F)F.O=CO[O-].[B].[CH2-]CCC.[H-].[H-].[K+].[K+].[Li+].[Na+].[Na+].[OH-]. The van der Waals surface area contributed by atoms with Gasteiger partial charge >= 0.3 is 199 Å². The van der Waals surface area contributed by atoms with Gasteiger partial charge in [0.15, 0.2) is 5.83 Å². The van der Waals surface area contributed by atoms with Crippen LogP contribution < -0.4 is 186 Å². The third kappa shape index (κ3) is 802. The first-order valence-corrected chi connectivity index (χ1v) is 22.5. The number of rotatable bonds is 3. The van der Waals surface area contributed by atoms with Crippen LogP contribution >= 0.6 is 48.8 Å². The zero-order valence-electron chi connectivity index (χ0n) is 53.3. The minimum absolute atomic E-state index is 0. The Morgan fingerprint density at radius 2 is 0.808 bits per heavy atom. The van der Waals surface area contributed by atoms with E-state index in [-0.39, 0.29) is 228 Å². The number of allylic oxidation sites excluding steroid dienone is 3. The standard InChI is InChI=1S/C5H8O.C4H6F2.C4H9.C4H6.C3H3F3.C3H8O.C3H4.2C2H5Br.C2F4.C2H6O.C2H4O.5C2H6.CH2O3.B.BrH.2K.Li.2Na.H2O.2H/c1-4-5(2,3)6;1-3(5)4(2)6;2*1-3-4-2;1-2(4)3(5)6;1-3-4-2;1-3-2;2*1-2-3;3-1(4)2(5)6;2*1-2-3;5*1-2;2-1-4-3;;;;;;;;;;/h1,6H,2-3H3;1-2H3;1,3-4H2,2H3;1-2H3;1H3;3H2,1-2H3;1H,2H3;2*2H2,1H3;;3H,2H2,1H3;2H,1H3;5*1-2H3;1,3H;;1H;;;;;;1H2;;/q;;-1;;;;;;;;;;;;;;;;;;5*+1;;2*-1/p-2/b;4-3+;;;;;;;;;;;;;;;;;;;;;;;;;;. The monoisotopic (exact) mass is 1340 g/mol.